The predicted molar refractivity (Wildman–Crippen MR) is 107 cm³/mol. The van der Waals surface area contributed by atoms with E-state index in [2.05, 4.69) is 20.8 Å². The molecule has 1 fully saturated rings. The molecule has 7 nitrogen and oxygen atoms in total. The van der Waals surface area contributed by atoms with Crippen molar-refractivity contribution in [3.8, 4) is 5.75 Å². The van der Waals surface area contributed by atoms with Crippen molar-refractivity contribution >= 4 is 33.4 Å². The van der Waals surface area contributed by atoms with Gasteiger partial charge in [-0.25, -0.2) is 9.97 Å². The van der Waals surface area contributed by atoms with Crippen LogP contribution in [0.1, 0.15) is 55.9 Å². The Hall–Kier alpha value is -3.00. The van der Waals surface area contributed by atoms with E-state index < -0.39 is 5.91 Å². The van der Waals surface area contributed by atoms with Crippen LogP contribution in [0.4, 0.5) is 0 Å². The first-order valence-corrected chi connectivity index (χ1v) is 9.82. The number of hydrogen-bond donors (Lipinski definition) is 2. The van der Waals surface area contributed by atoms with Gasteiger partial charge in [-0.1, -0.05) is 0 Å². The number of nitrogens with zero attached hydrogens (tertiary/aromatic N) is 2. The minimum Gasteiger partial charge on any atom is -0.497 e. The van der Waals surface area contributed by atoms with Gasteiger partial charge < -0.3 is 4.74 Å². The normalized spacial score (nSPS) is 13.4. The highest BCUT2D eigenvalue weighted by molar-refractivity contribution is 7.20. The number of aryl methyl sites for hydroxylation is 2. The molecule has 3 aromatic rings. The number of methoxy groups -OCH3 is 1. The Balaban J connectivity index is 1.51. The summed E-state index contributed by atoms with van der Waals surface area (Å²) in [6.45, 7) is 3.83. The van der Waals surface area contributed by atoms with E-state index in [1.807, 2.05) is 13.8 Å². The number of amides is 2. The van der Waals surface area contributed by atoms with Crippen LogP contribution in [0.5, 0.6) is 5.75 Å². The highest BCUT2D eigenvalue weighted by Crippen LogP contribution is 2.40. The van der Waals surface area contributed by atoms with E-state index in [1.54, 1.807) is 31.4 Å². The first-order valence-electron chi connectivity index (χ1n) is 9.00. The van der Waals surface area contributed by atoms with Crippen LogP contribution in [-0.4, -0.2) is 28.9 Å². The SMILES string of the molecule is COc1ccc(C(=O)NNC(=O)c2sc3nc(C4CC4)nc(C)c3c2C)cc1. The standard InChI is InChI=1S/C20H20N4O3S/c1-10-15-11(2)21-17(12-4-5-12)22-20(15)28-16(10)19(26)24-23-18(25)13-6-8-14(27-3)9-7-13/h6-9,12H,4-5H2,1-3H3,(H,23,25)(H,24,26). The molecule has 0 bridgehead atoms. The van der Waals surface area contributed by atoms with E-state index in [-0.39, 0.29) is 5.91 Å². The lowest BCUT2D eigenvalue weighted by Crippen LogP contribution is -2.41. The van der Waals surface area contributed by atoms with E-state index in [4.69, 9.17) is 4.74 Å². The van der Waals surface area contributed by atoms with E-state index in [0.717, 1.165) is 40.1 Å². The lowest BCUT2D eigenvalue weighted by molar-refractivity contribution is 0.0848. The van der Waals surface area contributed by atoms with Crippen molar-refractivity contribution in [1.29, 1.82) is 0 Å². The van der Waals surface area contributed by atoms with Gasteiger partial charge in [-0.15, -0.1) is 11.3 Å². The minimum absolute atomic E-state index is 0.366. The summed E-state index contributed by atoms with van der Waals surface area (Å²) in [7, 11) is 1.56. The zero-order valence-corrected chi connectivity index (χ0v) is 16.6. The molecule has 8 heteroatoms. The molecule has 0 unspecified atom stereocenters. The van der Waals surface area contributed by atoms with Gasteiger partial charge in [-0.2, -0.15) is 0 Å². The van der Waals surface area contributed by atoms with Gasteiger partial charge in [0.15, 0.2) is 0 Å². The van der Waals surface area contributed by atoms with Gasteiger partial charge in [0.05, 0.1) is 17.7 Å². The van der Waals surface area contributed by atoms with Crippen LogP contribution in [0, 0.1) is 13.8 Å². The third-order valence-corrected chi connectivity index (χ3v) is 5.96. The Morgan fingerprint density at radius 3 is 2.39 bits per heavy atom. The molecular formula is C20H20N4O3S. The van der Waals surface area contributed by atoms with Crippen LogP contribution in [0.2, 0.25) is 0 Å². The fraction of sp³-hybridized carbons (Fsp3) is 0.300. The molecule has 2 aromatic heterocycles. The van der Waals surface area contributed by atoms with Gasteiger partial charge in [0.25, 0.3) is 11.8 Å². The van der Waals surface area contributed by atoms with Crippen molar-refractivity contribution < 1.29 is 14.3 Å². The summed E-state index contributed by atoms with van der Waals surface area (Å²) in [5, 5.41) is 0.918. The van der Waals surface area contributed by atoms with Crippen LogP contribution in [0.3, 0.4) is 0 Å². The van der Waals surface area contributed by atoms with Gasteiger partial charge in [-0.3, -0.25) is 20.4 Å². The summed E-state index contributed by atoms with van der Waals surface area (Å²) in [6.07, 6.45) is 2.25. The van der Waals surface area contributed by atoms with Gasteiger partial charge >= 0.3 is 0 Å². The van der Waals surface area contributed by atoms with E-state index in [0.29, 0.717) is 22.1 Å². The lowest BCUT2D eigenvalue weighted by atomic mass is 10.1. The summed E-state index contributed by atoms with van der Waals surface area (Å²) >= 11 is 1.33. The Labute approximate surface area is 166 Å². The molecule has 4 rings (SSSR count). The van der Waals surface area contributed by atoms with Crippen molar-refractivity contribution in [1.82, 2.24) is 20.8 Å². The fourth-order valence-electron chi connectivity index (χ4n) is 3.09. The molecule has 1 saturated carbocycles. The number of hydrogen-bond acceptors (Lipinski definition) is 6. The first kappa shape index (κ1) is 18.4. The molecule has 2 amide bonds. The average Bonchev–Trinajstić information content (AvgIpc) is 3.49. The first-order chi connectivity index (χ1) is 13.5. The summed E-state index contributed by atoms with van der Waals surface area (Å²) in [4.78, 5) is 35.5. The molecule has 0 saturated heterocycles. The lowest BCUT2D eigenvalue weighted by Gasteiger charge is -2.07. The number of carbonyl (C=O) groups excluding carboxylic acids is 2. The summed E-state index contributed by atoms with van der Waals surface area (Å²) in [5.74, 6) is 1.21. The average molecular weight is 396 g/mol. The summed E-state index contributed by atoms with van der Waals surface area (Å²) < 4.78 is 5.07. The van der Waals surface area contributed by atoms with Crippen molar-refractivity contribution in [2.24, 2.45) is 0 Å². The van der Waals surface area contributed by atoms with Gasteiger partial charge in [-0.05, 0) is 56.5 Å². The molecule has 1 aliphatic rings. The number of hydrazine groups is 1. The van der Waals surface area contributed by atoms with Crippen molar-refractivity contribution in [2.75, 3.05) is 7.11 Å². The van der Waals surface area contributed by atoms with Crippen molar-refractivity contribution in [3.63, 3.8) is 0 Å². The number of thiophene rings is 1. The van der Waals surface area contributed by atoms with Crippen molar-refractivity contribution in [3.05, 3.63) is 51.8 Å². The molecule has 28 heavy (non-hydrogen) atoms. The molecule has 2 N–H and O–H groups in total. The predicted octanol–water partition coefficient (Wildman–Crippen LogP) is 3.27. The third-order valence-electron chi connectivity index (χ3n) is 4.78. The fourth-order valence-corrected chi connectivity index (χ4v) is 4.22. The number of aromatic nitrogens is 2. The maximum Gasteiger partial charge on any atom is 0.280 e. The molecule has 1 aliphatic carbocycles. The second-order valence-electron chi connectivity index (χ2n) is 6.81. The molecule has 0 aliphatic heterocycles. The highest BCUT2D eigenvalue weighted by atomic mass is 32.1. The largest absolute Gasteiger partial charge is 0.497 e. The third kappa shape index (κ3) is 3.43. The Bertz CT molecular complexity index is 1070. The number of ether oxygens (including phenoxy) is 1. The number of fused-ring (bicyclic) bond motifs is 1. The van der Waals surface area contributed by atoms with Gasteiger partial charge in [0.2, 0.25) is 0 Å². The van der Waals surface area contributed by atoms with Crippen LogP contribution in [-0.2, 0) is 0 Å². The molecule has 0 spiro atoms. The monoisotopic (exact) mass is 396 g/mol. The topological polar surface area (TPSA) is 93.2 Å². The summed E-state index contributed by atoms with van der Waals surface area (Å²) in [6, 6.07) is 6.63. The van der Waals surface area contributed by atoms with Gasteiger partial charge in [0, 0.05) is 16.9 Å². The second kappa shape index (κ2) is 7.20. The maximum atomic E-state index is 12.6. The zero-order valence-electron chi connectivity index (χ0n) is 15.8. The molecule has 2 heterocycles. The van der Waals surface area contributed by atoms with E-state index in [9.17, 15) is 9.59 Å². The minimum atomic E-state index is -0.401. The maximum absolute atomic E-state index is 12.6. The zero-order chi connectivity index (χ0) is 19.8. The number of benzene rings is 1. The van der Waals surface area contributed by atoms with Crippen LogP contribution in [0.15, 0.2) is 24.3 Å². The second-order valence-corrected chi connectivity index (χ2v) is 7.81. The molecule has 144 valence electrons. The van der Waals surface area contributed by atoms with Crippen LogP contribution >= 0.6 is 11.3 Å². The smallest absolute Gasteiger partial charge is 0.280 e. The number of carbonyl (C=O) groups is 2. The Morgan fingerprint density at radius 1 is 1.07 bits per heavy atom. The Kier molecular flexibility index (Phi) is 4.72. The molecule has 0 radical (unpaired) electrons. The Morgan fingerprint density at radius 2 is 1.75 bits per heavy atom. The number of rotatable bonds is 4. The van der Waals surface area contributed by atoms with Crippen molar-refractivity contribution in [2.45, 2.75) is 32.6 Å². The van der Waals surface area contributed by atoms with E-state index >= 15 is 0 Å². The van der Waals surface area contributed by atoms with Gasteiger partial charge in [0.1, 0.15) is 16.4 Å². The molecular weight excluding hydrogens is 376 g/mol. The number of nitrogens with one attached hydrogen (secondary N) is 2. The van der Waals surface area contributed by atoms with E-state index in [1.165, 1.54) is 11.3 Å². The quantitative estimate of drug-likeness (QED) is 0.660. The van der Waals surface area contributed by atoms with Crippen LogP contribution < -0.4 is 15.6 Å². The molecule has 0 atom stereocenters. The highest BCUT2D eigenvalue weighted by Gasteiger charge is 2.28. The molecule has 1 aromatic carbocycles. The summed E-state index contributed by atoms with van der Waals surface area (Å²) in [5.41, 5.74) is 7.08. The van der Waals surface area contributed by atoms with Crippen LogP contribution in [0.25, 0.3) is 10.2 Å².